The van der Waals surface area contributed by atoms with E-state index in [4.69, 9.17) is 4.52 Å². The second kappa shape index (κ2) is 8.67. The molecule has 2 rings (SSSR count). The van der Waals surface area contributed by atoms with Crippen molar-refractivity contribution < 1.29 is 9.63 Å². The largest absolute Gasteiger partial charge is 0.387 e. The number of aliphatic hydroxyl groups is 1. The smallest absolute Gasteiger partial charge is 0.191 e. The highest BCUT2D eigenvalue weighted by Gasteiger charge is 2.14. The first-order valence-corrected chi connectivity index (χ1v) is 8.60. The number of rotatable bonds is 6. The quantitative estimate of drug-likeness (QED) is 0.554. The van der Waals surface area contributed by atoms with Crippen LogP contribution in [0, 0.1) is 0 Å². The van der Waals surface area contributed by atoms with Gasteiger partial charge in [0.05, 0.1) is 12.6 Å². The Morgan fingerprint density at radius 3 is 2.48 bits per heavy atom. The van der Waals surface area contributed by atoms with Gasteiger partial charge in [-0.1, -0.05) is 50.2 Å². The van der Waals surface area contributed by atoms with Crippen LogP contribution in [0.4, 0.5) is 0 Å². The van der Waals surface area contributed by atoms with Crippen molar-refractivity contribution in [1.82, 2.24) is 15.8 Å². The van der Waals surface area contributed by atoms with E-state index in [1.54, 1.807) is 6.07 Å². The van der Waals surface area contributed by atoms with Gasteiger partial charge >= 0.3 is 0 Å². The Morgan fingerprint density at radius 2 is 1.92 bits per heavy atom. The number of hydrogen-bond donors (Lipinski definition) is 3. The molecule has 0 saturated carbocycles. The second-order valence-corrected chi connectivity index (χ2v) is 6.95. The van der Waals surface area contributed by atoms with E-state index in [2.05, 4.69) is 53.7 Å². The van der Waals surface area contributed by atoms with Crippen LogP contribution in [-0.4, -0.2) is 29.3 Å². The van der Waals surface area contributed by atoms with Crippen molar-refractivity contribution in [2.75, 3.05) is 13.1 Å². The number of guanidine groups is 1. The van der Waals surface area contributed by atoms with E-state index < -0.39 is 6.10 Å². The molecule has 0 amide bonds. The zero-order valence-corrected chi connectivity index (χ0v) is 15.4. The standard InChI is InChI=1S/C19H28N4O2/c1-5-20-18(21-12-16-10-11-25-23-16)22-13-17(24)14-6-8-15(9-7-14)19(2,3)4/h6-11,17,24H,5,12-13H2,1-4H3,(H2,20,21,22). The SMILES string of the molecule is CCNC(=NCc1ccon1)NCC(O)c1ccc(C(C)(C)C)cc1. The van der Waals surface area contributed by atoms with E-state index in [0.29, 0.717) is 19.0 Å². The van der Waals surface area contributed by atoms with Gasteiger partial charge in [0.25, 0.3) is 0 Å². The van der Waals surface area contributed by atoms with E-state index in [9.17, 15) is 5.11 Å². The number of aliphatic hydroxyl groups excluding tert-OH is 1. The van der Waals surface area contributed by atoms with Crippen molar-refractivity contribution in [2.45, 2.75) is 45.8 Å². The van der Waals surface area contributed by atoms with Gasteiger partial charge < -0.3 is 20.3 Å². The molecule has 0 aliphatic heterocycles. The fourth-order valence-corrected chi connectivity index (χ4v) is 2.34. The van der Waals surface area contributed by atoms with Crippen LogP contribution < -0.4 is 10.6 Å². The molecule has 1 unspecified atom stereocenters. The third-order valence-corrected chi connectivity index (χ3v) is 3.86. The molecule has 25 heavy (non-hydrogen) atoms. The van der Waals surface area contributed by atoms with Crippen LogP contribution in [0.1, 0.15) is 50.6 Å². The van der Waals surface area contributed by atoms with E-state index in [-0.39, 0.29) is 5.41 Å². The van der Waals surface area contributed by atoms with Crippen molar-refractivity contribution in [3.63, 3.8) is 0 Å². The van der Waals surface area contributed by atoms with Gasteiger partial charge in [0.1, 0.15) is 12.0 Å². The number of nitrogens with zero attached hydrogens (tertiary/aromatic N) is 2. The molecule has 0 aliphatic rings. The molecular formula is C19H28N4O2. The molecule has 0 spiro atoms. The zero-order valence-electron chi connectivity index (χ0n) is 15.4. The van der Waals surface area contributed by atoms with Gasteiger partial charge in [0, 0.05) is 19.2 Å². The number of nitrogens with one attached hydrogen (secondary N) is 2. The predicted octanol–water partition coefficient (Wildman–Crippen LogP) is 2.76. The Morgan fingerprint density at radius 1 is 1.20 bits per heavy atom. The zero-order chi connectivity index (χ0) is 18.3. The van der Waals surface area contributed by atoms with Gasteiger partial charge in [0.2, 0.25) is 0 Å². The Bertz CT molecular complexity index is 658. The van der Waals surface area contributed by atoms with E-state index in [1.807, 2.05) is 19.1 Å². The minimum atomic E-state index is -0.607. The van der Waals surface area contributed by atoms with Gasteiger partial charge in [0.15, 0.2) is 5.96 Å². The predicted molar refractivity (Wildman–Crippen MR) is 99.4 cm³/mol. The summed E-state index contributed by atoms with van der Waals surface area (Å²) in [5.74, 6) is 0.635. The van der Waals surface area contributed by atoms with Crippen LogP contribution in [0.2, 0.25) is 0 Å². The number of aromatic nitrogens is 1. The Kier molecular flexibility index (Phi) is 6.58. The molecule has 3 N–H and O–H groups in total. The lowest BCUT2D eigenvalue weighted by atomic mass is 9.86. The average molecular weight is 344 g/mol. The second-order valence-electron chi connectivity index (χ2n) is 6.95. The summed E-state index contributed by atoms with van der Waals surface area (Å²) < 4.78 is 4.80. The Balaban J connectivity index is 1.93. The normalized spacial score (nSPS) is 13.6. The third kappa shape index (κ3) is 5.90. The van der Waals surface area contributed by atoms with Crippen LogP contribution >= 0.6 is 0 Å². The average Bonchev–Trinajstić information content (AvgIpc) is 3.10. The number of benzene rings is 1. The van der Waals surface area contributed by atoms with Crippen molar-refractivity contribution >= 4 is 5.96 Å². The summed E-state index contributed by atoms with van der Waals surface area (Å²) in [4.78, 5) is 4.43. The molecule has 0 aliphatic carbocycles. The third-order valence-electron chi connectivity index (χ3n) is 3.86. The van der Waals surface area contributed by atoms with Crippen LogP contribution in [-0.2, 0) is 12.0 Å². The molecule has 1 heterocycles. The monoisotopic (exact) mass is 344 g/mol. The minimum Gasteiger partial charge on any atom is -0.387 e. The molecule has 0 fully saturated rings. The Hall–Kier alpha value is -2.34. The highest BCUT2D eigenvalue weighted by molar-refractivity contribution is 5.79. The summed E-state index contributed by atoms with van der Waals surface area (Å²) in [6, 6.07) is 9.88. The molecule has 0 radical (unpaired) electrons. The summed E-state index contributed by atoms with van der Waals surface area (Å²) in [6.07, 6.45) is 0.917. The van der Waals surface area contributed by atoms with Gasteiger partial charge in [-0.25, -0.2) is 4.99 Å². The van der Waals surface area contributed by atoms with Crippen molar-refractivity contribution in [3.8, 4) is 0 Å². The molecular weight excluding hydrogens is 316 g/mol. The van der Waals surface area contributed by atoms with Gasteiger partial charge in [-0.15, -0.1) is 0 Å². The van der Waals surface area contributed by atoms with Crippen LogP contribution in [0.5, 0.6) is 0 Å². The molecule has 136 valence electrons. The maximum absolute atomic E-state index is 10.4. The summed E-state index contributed by atoms with van der Waals surface area (Å²) >= 11 is 0. The highest BCUT2D eigenvalue weighted by atomic mass is 16.5. The van der Waals surface area contributed by atoms with Gasteiger partial charge in [-0.05, 0) is 23.5 Å². The summed E-state index contributed by atoms with van der Waals surface area (Å²) in [5, 5.41) is 20.5. The van der Waals surface area contributed by atoms with E-state index in [1.165, 1.54) is 11.8 Å². The van der Waals surface area contributed by atoms with Gasteiger partial charge in [-0.2, -0.15) is 0 Å². The van der Waals surface area contributed by atoms with Crippen molar-refractivity contribution in [3.05, 3.63) is 53.4 Å². The number of hydrogen-bond acceptors (Lipinski definition) is 4. The topological polar surface area (TPSA) is 82.7 Å². The lowest BCUT2D eigenvalue weighted by molar-refractivity contribution is 0.181. The molecule has 6 nitrogen and oxygen atoms in total. The lowest BCUT2D eigenvalue weighted by Gasteiger charge is -2.20. The van der Waals surface area contributed by atoms with Crippen molar-refractivity contribution in [1.29, 1.82) is 0 Å². The maximum atomic E-state index is 10.4. The Labute approximate surface area is 149 Å². The molecule has 0 bridgehead atoms. The molecule has 6 heteroatoms. The fraction of sp³-hybridized carbons (Fsp3) is 0.474. The van der Waals surface area contributed by atoms with Crippen molar-refractivity contribution in [2.24, 2.45) is 4.99 Å². The van der Waals surface area contributed by atoms with Gasteiger partial charge in [-0.3, -0.25) is 0 Å². The first-order chi connectivity index (χ1) is 11.9. The maximum Gasteiger partial charge on any atom is 0.191 e. The highest BCUT2D eigenvalue weighted by Crippen LogP contribution is 2.23. The summed E-state index contributed by atoms with van der Waals surface area (Å²) in [7, 11) is 0. The number of aliphatic imine (C=N–C) groups is 1. The minimum absolute atomic E-state index is 0.105. The van der Waals surface area contributed by atoms with E-state index >= 15 is 0 Å². The molecule has 1 aromatic carbocycles. The molecule has 1 atom stereocenters. The summed E-state index contributed by atoms with van der Waals surface area (Å²) in [6.45, 7) is 10.0. The molecule has 1 aromatic heterocycles. The van der Waals surface area contributed by atoms with E-state index in [0.717, 1.165) is 17.8 Å². The first-order valence-electron chi connectivity index (χ1n) is 8.60. The van der Waals surface area contributed by atoms with Crippen LogP contribution in [0.15, 0.2) is 46.1 Å². The molecule has 0 saturated heterocycles. The lowest BCUT2D eigenvalue weighted by Crippen LogP contribution is -2.39. The fourth-order valence-electron chi connectivity index (χ4n) is 2.34. The first kappa shape index (κ1) is 19.0. The van der Waals surface area contributed by atoms with Crippen LogP contribution in [0.3, 0.4) is 0 Å². The van der Waals surface area contributed by atoms with Crippen LogP contribution in [0.25, 0.3) is 0 Å². The summed E-state index contributed by atoms with van der Waals surface area (Å²) in [5.41, 5.74) is 3.00. The molecule has 2 aromatic rings.